The predicted molar refractivity (Wildman–Crippen MR) is 44.7 cm³/mol. The molecule has 0 fully saturated rings. The van der Waals surface area contributed by atoms with Gasteiger partial charge >= 0.3 is 37.7 Å². The fourth-order valence-corrected chi connectivity index (χ4v) is 0. The fourth-order valence-electron chi connectivity index (χ4n) is 0. The van der Waals surface area contributed by atoms with Crippen LogP contribution in [-0.2, 0) is 0 Å². The molecule has 11 heteroatoms. The average molecular weight is 222 g/mol. The summed E-state index contributed by atoms with van der Waals surface area (Å²) in [6.45, 7) is 0. The van der Waals surface area contributed by atoms with Gasteiger partial charge in [-0.1, -0.05) is 0 Å². The van der Waals surface area contributed by atoms with Gasteiger partial charge in [0.2, 0.25) is 0 Å². The van der Waals surface area contributed by atoms with Crippen molar-refractivity contribution in [3.8, 4) is 0 Å². The third-order valence-corrected chi connectivity index (χ3v) is 0. The third kappa shape index (κ3) is 1150. The van der Waals surface area contributed by atoms with E-state index in [1.54, 1.807) is 0 Å². The molecule has 0 spiro atoms. The molecule has 10 nitrogen and oxygen atoms in total. The molecule has 0 aromatic heterocycles. The van der Waals surface area contributed by atoms with Crippen molar-refractivity contribution in [1.82, 2.24) is 0 Å². The number of hydrogen-bond donors (Lipinski definition) is 0. The van der Waals surface area contributed by atoms with Crippen molar-refractivity contribution in [2.45, 2.75) is 0 Å². The Morgan fingerprint density at radius 1 is 0.182 bits per heavy atom. The molecular weight excluding hydrogens is 200 g/mol. The van der Waals surface area contributed by atoms with Gasteiger partial charge in [-0.25, -0.2) is 0 Å². The second kappa shape index (κ2) is 1430. The van der Waals surface area contributed by atoms with Crippen molar-refractivity contribution in [1.29, 1.82) is 0 Å². The van der Waals surface area contributed by atoms with Gasteiger partial charge in [-0.2, -0.15) is 0 Å². The Morgan fingerprint density at radius 2 is 0.182 bits per heavy atom. The molecular formula is H22CaO10. The van der Waals surface area contributed by atoms with Crippen molar-refractivity contribution in [3.63, 3.8) is 0 Å². The van der Waals surface area contributed by atoms with E-state index in [1.165, 1.54) is 0 Å². The van der Waals surface area contributed by atoms with E-state index in [1.807, 2.05) is 0 Å². The van der Waals surface area contributed by atoms with Gasteiger partial charge in [-0.3, -0.25) is 0 Å². The minimum atomic E-state index is 0. The summed E-state index contributed by atoms with van der Waals surface area (Å²) >= 11 is 0. The molecule has 0 unspecified atom stereocenters. The molecule has 20 N–H and O–H groups in total. The van der Waals surface area contributed by atoms with Crippen LogP contribution in [0.1, 0.15) is 0 Å². The molecule has 0 atom stereocenters. The summed E-state index contributed by atoms with van der Waals surface area (Å²) in [7, 11) is 0. The molecule has 0 saturated heterocycles. The van der Waals surface area contributed by atoms with Crippen LogP contribution >= 0.6 is 0 Å². The molecule has 11 heavy (non-hydrogen) atoms. The third-order valence-electron chi connectivity index (χ3n) is 0. The summed E-state index contributed by atoms with van der Waals surface area (Å²) in [5.74, 6) is 0. The first-order chi connectivity index (χ1) is 0. The molecule has 0 radical (unpaired) electrons. The summed E-state index contributed by atoms with van der Waals surface area (Å²) in [5, 5.41) is 0. The number of hydrogen-bond acceptors (Lipinski definition) is 0. The molecule has 0 aliphatic carbocycles. The van der Waals surface area contributed by atoms with Crippen LogP contribution in [0, 0.1) is 0 Å². The Labute approximate surface area is 92.3 Å². The van der Waals surface area contributed by atoms with Crippen LogP contribution in [0.4, 0.5) is 0 Å². The topological polar surface area (TPSA) is 315 Å². The summed E-state index contributed by atoms with van der Waals surface area (Å²) in [6, 6.07) is 0. The van der Waals surface area contributed by atoms with Crippen LogP contribution in [0.5, 0.6) is 0 Å². The van der Waals surface area contributed by atoms with E-state index < -0.39 is 0 Å². The Balaban J connectivity index is 0. The second-order valence-electron chi connectivity index (χ2n) is 0. The normalized spacial score (nSPS) is 0. The van der Waals surface area contributed by atoms with Crippen molar-refractivity contribution in [2.75, 3.05) is 0 Å². The monoisotopic (exact) mass is 222 g/mol. The van der Waals surface area contributed by atoms with Crippen LogP contribution in [0.3, 0.4) is 0 Å². The Kier molecular flexibility index (Phi) is 246000. The van der Waals surface area contributed by atoms with E-state index in [2.05, 4.69) is 0 Å². The van der Waals surface area contributed by atoms with Gasteiger partial charge in [0, 0.05) is 0 Å². The SMILES string of the molecule is O.O.O.O.O.O.O.O.O.O.[CaH2]. The van der Waals surface area contributed by atoms with E-state index in [4.69, 9.17) is 0 Å². The first-order valence-electron chi connectivity index (χ1n) is 0. The second-order valence-corrected chi connectivity index (χ2v) is 0. The van der Waals surface area contributed by atoms with E-state index in [0.29, 0.717) is 0 Å². The Morgan fingerprint density at radius 3 is 0.182 bits per heavy atom. The minimum absolute atomic E-state index is 0. The van der Waals surface area contributed by atoms with Crippen LogP contribution in [0.25, 0.3) is 0 Å². The van der Waals surface area contributed by atoms with Gasteiger partial charge in [0.05, 0.1) is 0 Å². The fraction of sp³-hybridized carbons (Fsp3) is 0. The van der Waals surface area contributed by atoms with Crippen LogP contribution in [0.2, 0.25) is 0 Å². The molecule has 0 bridgehead atoms. The first kappa shape index (κ1) is 1890. The zero-order chi connectivity index (χ0) is 0. The van der Waals surface area contributed by atoms with Crippen molar-refractivity contribution in [3.05, 3.63) is 0 Å². The summed E-state index contributed by atoms with van der Waals surface area (Å²) in [6.07, 6.45) is 0. The summed E-state index contributed by atoms with van der Waals surface area (Å²) in [4.78, 5) is 0. The van der Waals surface area contributed by atoms with Crippen molar-refractivity contribution < 1.29 is 54.8 Å². The van der Waals surface area contributed by atoms with Crippen LogP contribution in [-0.4, -0.2) is 92.5 Å². The predicted octanol–water partition coefficient (Wildman–Crippen LogP) is -9.16. The van der Waals surface area contributed by atoms with Gasteiger partial charge in [-0.05, 0) is 0 Å². The van der Waals surface area contributed by atoms with E-state index in [9.17, 15) is 0 Å². The van der Waals surface area contributed by atoms with Crippen molar-refractivity contribution in [2.24, 2.45) is 0 Å². The Bertz CT molecular complexity index is 4.83. The van der Waals surface area contributed by atoms with E-state index in [0.717, 1.165) is 0 Å². The maximum atomic E-state index is 0. The van der Waals surface area contributed by atoms with Gasteiger partial charge < -0.3 is 54.8 Å². The van der Waals surface area contributed by atoms with Crippen LogP contribution in [0.15, 0.2) is 0 Å². The molecule has 0 saturated carbocycles. The van der Waals surface area contributed by atoms with Gasteiger partial charge in [0.1, 0.15) is 0 Å². The molecule has 84 valence electrons. The standard InChI is InChI=1S/Ca.10H2O.2H/h;10*1H2;;. The van der Waals surface area contributed by atoms with Gasteiger partial charge in [0.15, 0.2) is 0 Å². The molecule has 0 aliphatic rings. The van der Waals surface area contributed by atoms with E-state index >= 15 is 0 Å². The molecule has 0 amide bonds. The van der Waals surface area contributed by atoms with E-state index in [-0.39, 0.29) is 92.5 Å². The van der Waals surface area contributed by atoms with Crippen molar-refractivity contribution >= 4 is 37.7 Å². The maximum absolute atomic E-state index is 0. The molecule has 0 rings (SSSR count). The molecule has 0 aromatic rings. The Hall–Kier alpha value is 0.860. The first-order valence-corrected chi connectivity index (χ1v) is 0. The zero-order valence-corrected chi connectivity index (χ0v) is 5.00. The molecule has 0 heterocycles. The summed E-state index contributed by atoms with van der Waals surface area (Å²) in [5.41, 5.74) is 0. The number of rotatable bonds is 0. The molecule has 0 aliphatic heterocycles. The van der Waals surface area contributed by atoms with Gasteiger partial charge in [0.25, 0.3) is 0 Å². The quantitative estimate of drug-likeness (QED) is 0.344. The summed E-state index contributed by atoms with van der Waals surface area (Å²) < 4.78 is 0. The van der Waals surface area contributed by atoms with Gasteiger partial charge in [-0.15, -0.1) is 0 Å². The van der Waals surface area contributed by atoms with Crippen LogP contribution < -0.4 is 0 Å². The molecule has 0 aromatic carbocycles. The zero-order valence-electron chi connectivity index (χ0n) is 5.00. The average Bonchev–Trinajstić information content (AvgIpc) is 0.